The van der Waals surface area contributed by atoms with Gasteiger partial charge in [-0.05, 0) is 13.8 Å². The highest BCUT2D eigenvalue weighted by molar-refractivity contribution is 6.02. The number of aromatic amines is 1. The number of imidazole rings is 1. The molecule has 2 N–H and O–H groups in total. The van der Waals surface area contributed by atoms with Crippen molar-refractivity contribution in [2.75, 3.05) is 6.61 Å². The summed E-state index contributed by atoms with van der Waals surface area (Å²) in [6.07, 6.45) is 4.46. The molecule has 1 amide bonds. The molecule has 2 heterocycles. The molecule has 21 heavy (non-hydrogen) atoms. The van der Waals surface area contributed by atoms with Gasteiger partial charge in [-0.15, -0.1) is 0 Å². The van der Waals surface area contributed by atoms with Crippen molar-refractivity contribution in [3.05, 3.63) is 41.5 Å². The number of hydrogen-bond donors (Lipinski definition) is 2. The number of hydrogen-bond acceptors (Lipinski definition) is 6. The topological polar surface area (TPSA) is 110 Å². The molecule has 0 aliphatic heterocycles. The molecule has 2 aromatic heterocycles. The maximum Gasteiger partial charge on any atom is 0.357 e. The molecule has 0 aliphatic rings. The van der Waals surface area contributed by atoms with Gasteiger partial charge in [0.15, 0.2) is 11.4 Å². The summed E-state index contributed by atoms with van der Waals surface area (Å²) in [5.74, 6) is -1.10. The molecule has 0 aromatic carbocycles. The third-order valence-corrected chi connectivity index (χ3v) is 2.60. The molecule has 8 heteroatoms. The molecule has 0 saturated carbocycles. The largest absolute Gasteiger partial charge is 0.461 e. The van der Waals surface area contributed by atoms with Crippen molar-refractivity contribution in [1.29, 1.82) is 0 Å². The fourth-order valence-corrected chi connectivity index (χ4v) is 1.59. The highest BCUT2D eigenvalue weighted by Gasteiger charge is 2.21. The number of carbonyl (C=O) groups is 2. The normalized spacial score (nSPS) is 10.2. The van der Waals surface area contributed by atoms with Crippen molar-refractivity contribution in [3.8, 4) is 0 Å². The van der Waals surface area contributed by atoms with Crippen LogP contribution in [0.3, 0.4) is 0 Å². The molecule has 0 aliphatic carbocycles. The summed E-state index contributed by atoms with van der Waals surface area (Å²) in [6, 6.07) is 0. The van der Waals surface area contributed by atoms with Gasteiger partial charge in [0.2, 0.25) is 0 Å². The van der Waals surface area contributed by atoms with E-state index in [0.29, 0.717) is 5.69 Å². The summed E-state index contributed by atoms with van der Waals surface area (Å²) < 4.78 is 4.84. The van der Waals surface area contributed by atoms with E-state index < -0.39 is 11.9 Å². The van der Waals surface area contributed by atoms with E-state index in [1.54, 1.807) is 19.3 Å². The first-order valence-electron chi connectivity index (χ1n) is 6.38. The number of nitrogens with zero attached hydrogens (tertiary/aromatic N) is 3. The van der Waals surface area contributed by atoms with E-state index in [2.05, 4.69) is 25.3 Å². The number of rotatable bonds is 5. The molecule has 0 saturated heterocycles. The predicted octanol–water partition coefficient (Wildman–Crippen LogP) is 0.615. The number of aryl methyl sites for hydroxylation is 1. The molecule has 0 radical (unpaired) electrons. The summed E-state index contributed by atoms with van der Waals surface area (Å²) in [4.78, 5) is 38.3. The highest BCUT2D eigenvalue weighted by Crippen LogP contribution is 2.05. The third kappa shape index (κ3) is 3.62. The maximum atomic E-state index is 12.0. The van der Waals surface area contributed by atoms with Crippen LogP contribution in [-0.4, -0.2) is 38.4 Å². The minimum absolute atomic E-state index is 0.00600. The number of carbonyl (C=O) groups excluding carboxylic acids is 2. The number of ether oxygens (including phenoxy) is 1. The van der Waals surface area contributed by atoms with Crippen molar-refractivity contribution in [3.63, 3.8) is 0 Å². The second-order valence-electron chi connectivity index (χ2n) is 4.18. The van der Waals surface area contributed by atoms with Gasteiger partial charge in [0.05, 0.1) is 37.1 Å². The van der Waals surface area contributed by atoms with E-state index in [9.17, 15) is 9.59 Å². The van der Waals surface area contributed by atoms with Gasteiger partial charge < -0.3 is 15.0 Å². The Morgan fingerprint density at radius 1 is 1.29 bits per heavy atom. The van der Waals surface area contributed by atoms with Crippen molar-refractivity contribution in [1.82, 2.24) is 25.3 Å². The van der Waals surface area contributed by atoms with Gasteiger partial charge in [0.25, 0.3) is 5.91 Å². The average Bonchev–Trinajstić information content (AvgIpc) is 2.96. The van der Waals surface area contributed by atoms with Gasteiger partial charge in [-0.3, -0.25) is 14.8 Å². The first kappa shape index (κ1) is 14.6. The number of amides is 1. The Morgan fingerprint density at radius 3 is 2.76 bits per heavy atom. The van der Waals surface area contributed by atoms with Crippen molar-refractivity contribution in [2.24, 2.45) is 0 Å². The zero-order valence-corrected chi connectivity index (χ0v) is 11.7. The van der Waals surface area contributed by atoms with Crippen LogP contribution < -0.4 is 5.32 Å². The highest BCUT2D eigenvalue weighted by atomic mass is 16.5. The van der Waals surface area contributed by atoms with Crippen LogP contribution in [0.4, 0.5) is 0 Å². The third-order valence-electron chi connectivity index (χ3n) is 2.60. The van der Waals surface area contributed by atoms with Gasteiger partial charge in [-0.1, -0.05) is 0 Å². The Labute approximate surface area is 121 Å². The smallest absolute Gasteiger partial charge is 0.357 e. The van der Waals surface area contributed by atoms with Crippen molar-refractivity contribution < 1.29 is 14.3 Å². The second kappa shape index (κ2) is 6.60. The summed E-state index contributed by atoms with van der Waals surface area (Å²) >= 11 is 0. The second-order valence-corrected chi connectivity index (χ2v) is 4.18. The number of nitrogens with one attached hydrogen (secondary N) is 2. The fourth-order valence-electron chi connectivity index (χ4n) is 1.59. The molecule has 0 atom stereocenters. The van der Waals surface area contributed by atoms with E-state index in [1.165, 1.54) is 6.33 Å². The Morgan fingerprint density at radius 2 is 2.10 bits per heavy atom. The quantitative estimate of drug-likeness (QED) is 0.781. The number of aromatic nitrogens is 4. The van der Waals surface area contributed by atoms with Gasteiger partial charge >= 0.3 is 5.97 Å². The van der Waals surface area contributed by atoms with Crippen molar-refractivity contribution >= 4 is 11.9 Å². The Bertz CT molecular complexity index is 636. The van der Waals surface area contributed by atoms with Crippen LogP contribution in [0.25, 0.3) is 0 Å². The first-order chi connectivity index (χ1) is 10.1. The molecular formula is C13H15N5O3. The fraction of sp³-hybridized carbons (Fsp3) is 0.308. The standard InChI is InChI=1S/C13H15N5O3/c1-3-21-13(20)11-10(17-7-18-11)12(19)16-6-9-5-14-8(2)4-15-9/h4-5,7H,3,6H2,1-2H3,(H,16,19)(H,17,18). The predicted molar refractivity (Wildman–Crippen MR) is 72.5 cm³/mol. The van der Waals surface area contributed by atoms with E-state index >= 15 is 0 Å². The Balaban J connectivity index is 2.02. The van der Waals surface area contributed by atoms with Crippen LogP contribution in [0.15, 0.2) is 18.7 Å². The van der Waals surface area contributed by atoms with Crippen LogP contribution in [0.5, 0.6) is 0 Å². The van der Waals surface area contributed by atoms with Gasteiger partial charge in [-0.2, -0.15) is 0 Å². The molecule has 8 nitrogen and oxygen atoms in total. The molecule has 0 spiro atoms. The van der Waals surface area contributed by atoms with Crippen LogP contribution >= 0.6 is 0 Å². The summed E-state index contributed by atoms with van der Waals surface area (Å²) in [7, 11) is 0. The first-order valence-corrected chi connectivity index (χ1v) is 6.38. The molecule has 0 bridgehead atoms. The molecule has 2 aromatic rings. The summed E-state index contributed by atoms with van der Waals surface area (Å²) in [5, 5.41) is 2.63. The van der Waals surface area contributed by atoms with E-state index in [1.807, 2.05) is 6.92 Å². The van der Waals surface area contributed by atoms with Crippen LogP contribution in [0.2, 0.25) is 0 Å². The van der Waals surface area contributed by atoms with E-state index in [0.717, 1.165) is 5.69 Å². The van der Waals surface area contributed by atoms with E-state index in [-0.39, 0.29) is 24.5 Å². The SMILES string of the molecule is CCOC(=O)c1[nH]cnc1C(=O)NCc1cnc(C)cn1. The van der Waals surface area contributed by atoms with Crippen LogP contribution in [0, 0.1) is 6.92 Å². The minimum Gasteiger partial charge on any atom is -0.461 e. The van der Waals surface area contributed by atoms with Crippen molar-refractivity contribution in [2.45, 2.75) is 20.4 Å². The molecule has 0 unspecified atom stereocenters. The molecule has 110 valence electrons. The Hall–Kier alpha value is -2.77. The molecule has 0 fully saturated rings. The number of H-pyrrole nitrogens is 1. The Kier molecular flexibility index (Phi) is 4.60. The van der Waals surface area contributed by atoms with Gasteiger partial charge in [0.1, 0.15) is 0 Å². The van der Waals surface area contributed by atoms with Gasteiger partial charge in [0, 0.05) is 6.20 Å². The average molecular weight is 289 g/mol. The lowest BCUT2D eigenvalue weighted by molar-refractivity contribution is 0.0516. The minimum atomic E-state index is -0.615. The summed E-state index contributed by atoms with van der Waals surface area (Å²) in [6.45, 7) is 3.92. The lowest BCUT2D eigenvalue weighted by Gasteiger charge is -2.05. The number of esters is 1. The van der Waals surface area contributed by atoms with Gasteiger partial charge in [-0.25, -0.2) is 9.78 Å². The lowest BCUT2D eigenvalue weighted by Crippen LogP contribution is -2.26. The van der Waals surface area contributed by atoms with Crippen LogP contribution in [-0.2, 0) is 11.3 Å². The van der Waals surface area contributed by atoms with Crippen LogP contribution in [0.1, 0.15) is 39.3 Å². The molecule has 2 rings (SSSR count). The summed E-state index contributed by atoms with van der Waals surface area (Å²) in [5.41, 5.74) is 1.43. The zero-order chi connectivity index (χ0) is 15.2. The van der Waals surface area contributed by atoms with E-state index in [4.69, 9.17) is 4.74 Å². The zero-order valence-electron chi connectivity index (χ0n) is 11.7. The lowest BCUT2D eigenvalue weighted by atomic mass is 10.3. The maximum absolute atomic E-state index is 12.0. The monoisotopic (exact) mass is 289 g/mol. The molecular weight excluding hydrogens is 274 g/mol.